The van der Waals surface area contributed by atoms with Crippen LogP contribution in [-0.2, 0) is 10.0 Å². The van der Waals surface area contributed by atoms with Crippen molar-refractivity contribution < 1.29 is 22.6 Å². The summed E-state index contributed by atoms with van der Waals surface area (Å²) in [5.41, 5.74) is 0. The average Bonchev–Trinajstić information content (AvgIpc) is 3.31. The average molecular weight is 439 g/mol. The van der Waals surface area contributed by atoms with Crippen LogP contribution in [0.2, 0.25) is 0 Å². The third-order valence-electron chi connectivity index (χ3n) is 5.18. The number of aryl methyl sites for hydroxylation is 2. The van der Waals surface area contributed by atoms with E-state index in [4.69, 9.17) is 14.2 Å². The largest absolute Gasteiger partial charge is 0.493 e. The molecule has 9 heteroatoms. The van der Waals surface area contributed by atoms with Crippen LogP contribution in [0.5, 0.6) is 17.2 Å². The number of rotatable bonds is 7. The molecule has 0 saturated carbocycles. The summed E-state index contributed by atoms with van der Waals surface area (Å²) < 4.78 is 43.9. The van der Waals surface area contributed by atoms with E-state index < -0.39 is 10.0 Å². The Morgan fingerprint density at radius 3 is 2.55 bits per heavy atom. The van der Waals surface area contributed by atoms with Gasteiger partial charge in [0.2, 0.25) is 16.8 Å². The Morgan fingerprint density at radius 2 is 1.83 bits per heavy atom. The van der Waals surface area contributed by atoms with Gasteiger partial charge in [-0.15, -0.1) is 11.3 Å². The lowest BCUT2D eigenvalue weighted by Gasteiger charge is -2.33. The molecule has 0 unspecified atom stereocenters. The van der Waals surface area contributed by atoms with Crippen LogP contribution in [0.4, 0.5) is 0 Å². The van der Waals surface area contributed by atoms with E-state index in [1.54, 1.807) is 10.4 Å². The van der Waals surface area contributed by atoms with Gasteiger partial charge in [0.25, 0.3) is 0 Å². The summed E-state index contributed by atoms with van der Waals surface area (Å²) in [7, 11) is -3.39. The smallest absolute Gasteiger partial charge is 0.244 e. The van der Waals surface area contributed by atoms with E-state index in [-0.39, 0.29) is 6.79 Å². The minimum atomic E-state index is -3.39. The Hall–Kier alpha value is -1.81. The number of piperazine rings is 1. The van der Waals surface area contributed by atoms with Crippen LogP contribution in [-0.4, -0.2) is 63.7 Å². The number of hydrogen-bond acceptors (Lipinski definition) is 7. The maximum Gasteiger partial charge on any atom is 0.244 e. The highest BCUT2D eigenvalue weighted by molar-refractivity contribution is 7.89. The molecule has 0 radical (unpaired) electrons. The summed E-state index contributed by atoms with van der Waals surface area (Å²) in [6.45, 7) is 8.10. The van der Waals surface area contributed by atoms with Gasteiger partial charge in [-0.25, -0.2) is 8.42 Å². The first kappa shape index (κ1) is 20.5. The molecule has 1 saturated heterocycles. The van der Waals surface area contributed by atoms with Crippen molar-refractivity contribution in [2.24, 2.45) is 0 Å². The maximum absolute atomic E-state index is 12.9. The second-order valence-electron chi connectivity index (χ2n) is 7.24. The number of thiophene rings is 1. The predicted molar refractivity (Wildman–Crippen MR) is 112 cm³/mol. The van der Waals surface area contributed by atoms with Crippen LogP contribution in [0.25, 0.3) is 0 Å². The molecule has 1 fully saturated rings. The first-order valence-electron chi connectivity index (χ1n) is 9.75. The zero-order chi connectivity index (χ0) is 20.4. The molecule has 0 bridgehead atoms. The van der Waals surface area contributed by atoms with Gasteiger partial charge in [0.15, 0.2) is 11.5 Å². The number of benzene rings is 1. The summed E-state index contributed by atoms with van der Waals surface area (Å²) in [5.74, 6) is 2.24. The van der Waals surface area contributed by atoms with Crippen LogP contribution in [0, 0.1) is 13.8 Å². The van der Waals surface area contributed by atoms with Crippen molar-refractivity contribution in [2.45, 2.75) is 25.2 Å². The highest BCUT2D eigenvalue weighted by atomic mass is 32.2. The van der Waals surface area contributed by atoms with Gasteiger partial charge < -0.3 is 19.1 Å². The first-order valence-corrected chi connectivity index (χ1v) is 12.0. The van der Waals surface area contributed by atoms with Crippen molar-refractivity contribution in [3.63, 3.8) is 0 Å². The van der Waals surface area contributed by atoms with E-state index in [9.17, 15) is 8.42 Å². The molecule has 29 heavy (non-hydrogen) atoms. The first-order chi connectivity index (χ1) is 13.9. The van der Waals surface area contributed by atoms with Gasteiger partial charge in [-0.05, 0) is 38.5 Å². The normalized spacial score (nSPS) is 17.6. The van der Waals surface area contributed by atoms with E-state index in [2.05, 4.69) is 4.90 Å². The molecule has 3 heterocycles. The molecule has 1 aromatic carbocycles. The monoisotopic (exact) mass is 438 g/mol. The summed E-state index contributed by atoms with van der Waals surface area (Å²) in [6.07, 6.45) is 0.879. The second-order valence-corrected chi connectivity index (χ2v) is 10.6. The molecule has 0 N–H and O–H groups in total. The van der Waals surface area contributed by atoms with E-state index in [0.29, 0.717) is 24.6 Å². The third kappa shape index (κ3) is 4.53. The standard InChI is InChI=1S/C20H26N2O5S2/c1-15-12-20(16(2)28-15)29(23,24)22-9-7-21(8-10-22)6-3-11-25-17-4-5-18-19(13-17)27-14-26-18/h4-5,12-13H,3,6-11,14H2,1-2H3. The molecule has 0 spiro atoms. The van der Waals surface area contributed by atoms with Gasteiger partial charge in [0, 0.05) is 48.5 Å². The van der Waals surface area contributed by atoms with Crippen LogP contribution >= 0.6 is 11.3 Å². The molecule has 2 aliphatic rings. The lowest BCUT2D eigenvalue weighted by molar-refractivity contribution is 0.172. The molecule has 4 rings (SSSR count). The Kier molecular flexibility index (Phi) is 6.00. The third-order valence-corrected chi connectivity index (χ3v) is 8.30. The second kappa shape index (κ2) is 8.51. The van der Waals surface area contributed by atoms with Crippen LogP contribution in [0.1, 0.15) is 16.2 Å². The Balaban J connectivity index is 1.22. The highest BCUT2D eigenvalue weighted by Gasteiger charge is 2.30. The highest BCUT2D eigenvalue weighted by Crippen LogP contribution is 2.35. The lowest BCUT2D eigenvalue weighted by Crippen LogP contribution is -2.48. The molecule has 158 valence electrons. The molecule has 1 aromatic heterocycles. The Labute approximate surface area is 175 Å². The summed E-state index contributed by atoms with van der Waals surface area (Å²) in [4.78, 5) is 4.65. The Bertz CT molecular complexity index is 965. The summed E-state index contributed by atoms with van der Waals surface area (Å²) >= 11 is 1.53. The van der Waals surface area contributed by atoms with Crippen LogP contribution in [0.15, 0.2) is 29.2 Å². The zero-order valence-corrected chi connectivity index (χ0v) is 18.4. The fourth-order valence-corrected chi connectivity index (χ4v) is 6.59. The van der Waals surface area contributed by atoms with Crippen LogP contribution in [0.3, 0.4) is 0 Å². The van der Waals surface area contributed by atoms with E-state index in [0.717, 1.165) is 53.1 Å². The number of hydrogen-bond donors (Lipinski definition) is 0. The van der Waals surface area contributed by atoms with Gasteiger partial charge in [0.05, 0.1) is 11.5 Å². The minimum Gasteiger partial charge on any atom is -0.493 e. The van der Waals surface area contributed by atoms with Crippen LogP contribution < -0.4 is 14.2 Å². The zero-order valence-electron chi connectivity index (χ0n) is 16.7. The minimum absolute atomic E-state index is 0.256. The van der Waals surface area contributed by atoms with E-state index in [1.165, 1.54) is 11.3 Å². The van der Waals surface area contributed by atoms with E-state index >= 15 is 0 Å². The van der Waals surface area contributed by atoms with Crippen molar-refractivity contribution in [2.75, 3.05) is 46.1 Å². The fraction of sp³-hybridized carbons (Fsp3) is 0.500. The molecule has 0 aliphatic carbocycles. The molecular weight excluding hydrogens is 412 g/mol. The number of sulfonamides is 1. The molecule has 2 aliphatic heterocycles. The fourth-order valence-electron chi connectivity index (χ4n) is 3.64. The van der Waals surface area contributed by atoms with Gasteiger partial charge in [-0.1, -0.05) is 0 Å². The van der Waals surface area contributed by atoms with Crippen molar-refractivity contribution in [1.29, 1.82) is 0 Å². The van der Waals surface area contributed by atoms with Crippen molar-refractivity contribution in [1.82, 2.24) is 9.21 Å². The van der Waals surface area contributed by atoms with E-state index in [1.807, 2.05) is 32.0 Å². The lowest BCUT2D eigenvalue weighted by atomic mass is 10.3. The molecule has 7 nitrogen and oxygen atoms in total. The van der Waals surface area contributed by atoms with Gasteiger partial charge in [-0.2, -0.15) is 4.31 Å². The van der Waals surface area contributed by atoms with Gasteiger partial charge >= 0.3 is 0 Å². The number of nitrogens with zero attached hydrogens (tertiary/aromatic N) is 2. The SMILES string of the molecule is Cc1cc(S(=O)(=O)N2CCN(CCCOc3ccc4c(c3)OCO4)CC2)c(C)s1. The Morgan fingerprint density at radius 1 is 1.07 bits per heavy atom. The molecular formula is C20H26N2O5S2. The summed E-state index contributed by atoms with van der Waals surface area (Å²) in [5, 5.41) is 0. The molecule has 0 amide bonds. The van der Waals surface area contributed by atoms with Gasteiger partial charge in [-0.3, -0.25) is 0 Å². The van der Waals surface area contributed by atoms with Gasteiger partial charge in [0.1, 0.15) is 5.75 Å². The van der Waals surface area contributed by atoms with Crippen molar-refractivity contribution in [3.05, 3.63) is 34.0 Å². The quantitative estimate of drug-likeness (QED) is 0.620. The summed E-state index contributed by atoms with van der Waals surface area (Å²) in [6, 6.07) is 7.37. The van der Waals surface area contributed by atoms with Crippen molar-refractivity contribution >= 4 is 21.4 Å². The van der Waals surface area contributed by atoms with Crippen molar-refractivity contribution in [3.8, 4) is 17.2 Å². The molecule has 2 aromatic rings. The molecule has 0 atom stereocenters. The number of fused-ring (bicyclic) bond motifs is 1. The topological polar surface area (TPSA) is 68.3 Å². The maximum atomic E-state index is 12.9. The predicted octanol–water partition coefficient (Wildman–Crippen LogP) is 2.87. The number of ether oxygens (including phenoxy) is 3.